The number of nitrogens with one attached hydrogen (secondary N) is 2. The molecular weight excluding hydrogens is 406 g/mol. The van der Waals surface area contributed by atoms with Gasteiger partial charge in [-0.1, -0.05) is 25.5 Å². The van der Waals surface area contributed by atoms with Crippen molar-refractivity contribution in [3.05, 3.63) is 35.5 Å². The Labute approximate surface area is 188 Å². The van der Waals surface area contributed by atoms with Crippen molar-refractivity contribution in [1.82, 2.24) is 25.1 Å². The average Bonchev–Trinajstić information content (AvgIpc) is 3.21. The average molecular weight is 440 g/mol. The number of hydrogen-bond donors (Lipinski definition) is 3. The Hall–Kier alpha value is -2.91. The summed E-state index contributed by atoms with van der Waals surface area (Å²) in [6.07, 6.45) is 6.18. The van der Waals surface area contributed by atoms with Gasteiger partial charge in [0.25, 0.3) is 0 Å². The van der Waals surface area contributed by atoms with Crippen LogP contribution in [0.25, 0.3) is 11.0 Å². The first kappa shape index (κ1) is 22.3. The lowest BCUT2D eigenvalue weighted by Gasteiger charge is -2.23. The Balaban J connectivity index is 1.48. The Kier molecular flexibility index (Phi) is 7.39. The van der Waals surface area contributed by atoms with Crippen LogP contribution in [0.4, 0.5) is 11.8 Å². The van der Waals surface area contributed by atoms with Crippen LogP contribution >= 0.6 is 0 Å². The van der Waals surface area contributed by atoms with E-state index in [0.717, 1.165) is 74.3 Å². The van der Waals surface area contributed by atoms with E-state index < -0.39 is 0 Å². The highest BCUT2D eigenvalue weighted by Gasteiger charge is 2.15. The summed E-state index contributed by atoms with van der Waals surface area (Å²) in [7, 11) is 1.70. The molecule has 9 heteroatoms. The van der Waals surface area contributed by atoms with Crippen LogP contribution in [0.5, 0.6) is 5.75 Å². The molecule has 0 saturated carbocycles. The van der Waals surface area contributed by atoms with Crippen molar-refractivity contribution in [1.29, 1.82) is 0 Å². The van der Waals surface area contributed by atoms with Gasteiger partial charge in [0.2, 0.25) is 5.95 Å². The van der Waals surface area contributed by atoms with Crippen molar-refractivity contribution in [2.45, 2.75) is 51.7 Å². The number of ether oxygens (including phenoxy) is 2. The van der Waals surface area contributed by atoms with Crippen LogP contribution in [0.2, 0.25) is 0 Å². The van der Waals surface area contributed by atoms with Crippen LogP contribution in [0.3, 0.4) is 0 Å². The summed E-state index contributed by atoms with van der Waals surface area (Å²) in [5.41, 5.74) is 9.61. The van der Waals surface area contributed by atoms with E-state index in [1.165, 1.54) is 5.56 Å². The molecule has 1 aliphatic heterocycles. The topological polar surface area (TPSA) is 112 Å². The summed E-state index contributed by atoms with van der Waals surface area (Å²) in [6.45, 7) is 6.04. The Morgan fingerprint density at radius 2 is 2.09 bits per heavy atom. The molecule has 0 spiro atoms. The molecule has 0 radical (unpaired) electrons. The molecule has 1 aliphatic rings. The minimum absolute atomic E-state index is 0.245. The zero-order valence-corrected chi connectivity index (χ0v) is 18.9. The second-order valence-corrected chi connectivity index (χ2v) is 8.19. The zero-order chi connectivity index (χ0) is 22.3. The molecule has 3 aromatic rings. The second kappa shape index (κ2) is 10.6. The lowest BCUT2D eigenvalue weighted by molar-refractivity contribution is 0.0776. The number of rotatable bonds is 10. The van der Waals surface area contributed by atoms with Crippen molar-refractivity contribution in [2.75, 3.05) is 37.9 Å². The fourth-order valence-electron chi connectivity index (χ4n) is 3.93. The van der Waals surface area contributed by atoms with E-state index in [-0.39, 0.29) is 5.95 Å². The first-order valence-electron chi connectivity index (χ1n) is 11.4. The van der Waals surface area contributed by atoms with Crippen molar-refractivity contribution in [2.24, 2.45) is 0 Å². The van der Waals surface area contributed by atoms with E-state index in [2.05, 4.69) is 45.7 Å². The molecule has 3 heterocycles. The third kappa shape index (κ3) is 5.46. The SMILES string of the molecule is CCCCNc1nc(N)nc2cn(Cc3ccc(CNC4CCOCC4)cc3OC)nc12. The third-order valence-electron chi connectivity index (χ3n) is 5.75. The predicted molar refractivity (Wildman–Crippen MR) is 126 cm³/mol. The van der Waals surface area contributed by atoms with Crippen LogP contribution in [0.1, 0.15) is 43.7 Å². The highest BCUT2D eigenvalue weighted by Crippen LogP contribution is 2.24. The van der Waals surface area contributed by atoms with Crippen LogP contribution < -0.4 is 21.1 Å². The van der Waals surface area contributed by atoms with E-state index >= 15 is 0 Å². The molecule has 1 aromatic carbocycles. The number of benzene rings is 1. The van der Waals surface area contributed by atoms with Gasteiger partial charge in [0, 0.05) is 37.9 Å². The van der Waals surface area contributed by atoms with Crippen molar-refractivity contribution in [3.63, 3.8) is 0 Å². The molecule has 1 fully saturated rings. The van der Waals surface area contributed by atoms with Crippen molar-refractivity contribution < 1.29 is 9.47 Å². The normalized spacial score (nSPS) is 14.7. The summed E-state index contributed by atoms with van der Waals surface area (Å²) in [6, 6.07) is 6.86. The Bertz CT molecular complexity index is 1030. The van der Waals surface area contributed by atoms with Crippen molar-refractivity contribution in [3.8, 4) is 5.75 Å². The van der Waals surface area contributed by atoms with Crippen molar-refractivity contribution >= 4 is 22.8 Å². The fraction of sp³-hybridized carbons (Fsp3) is 0.522. The second-order valence-electron chi connectivity index (χ2n) is 8.19. The molecular formula is C23H33N7O2. The van der Waals surface area contributed by atoms with Gasteiger partial charge in [-0.05, 0) is 30.9 Å². The van der Waals surface area contributed by atoms with E-state index in [9.17, 15) is 0 Å². The van der Waals surface area contributed by atoms with Crippen LogP contribution in [-0.4, -0.2) is 52.7 Å². The number of nitrogen functional groups attached to an aromatic ring is 1. The highest BCUT2D eigenvalue weighted by molar-refractivity contribution is 5.85. The summed E-state index contributed by atoms with van der Waals surface area (Å²) in [5, 5.41) is 11.7. The van der Waals surface area contributed by atoms with Gasteiger partial charge < -0.3 is 25.8 Å². The maximum absolute atomic E-state index is 5.90. The first-order chi connectivity index (χ1) is 15.7. The molecule has 1 saturated heterocycles. The molecule has 172 valence electrons. The van der Waals surface area contributed by atoms with Gasteiger partial charge in [0.05, 0.1) is 19.9 Å². The van der Waals surface area contributed by atoms with Crippen LogP contribution in [0.15, 0.2) is 24.4 Å². The summed E-state index contributed by atoms with van der Waals surface area (Å²) in [4.78, 5) is 8.69. The molecule has 4 N–H and O–H groups in total. The number of fused-ring (bicyclic) bond motifs is 1. The molecule has 32 heavy (non-hydrogen) atoms. The van der Waals surface area contributed by atoms with Gasteiger partial charge in [-0.3, -0.25) is 4.68 Å². The standard InChI is InChI=1S/C23H33N7O2/c1-3-4-9-25-22-21-19(27-23(24)28-22)15-30(29-21)14-17-6-5-16(12-20(17)31-2)13-26-18-7-10-32-11-8-18/h5-6,12,15,18,26H,3-4,7-11,13-14H2,1-2H3,(H3,24,25,27,28). The molecule has 4 rings (SSSR count). The maximum Gasteiger partial charge on any atom is 0.222 e. The molecule has 0 amide bonds. The molecule has 0 unspecified atom stereocenters. The van der Waals surface area contributed by atoms with Crippen LogP contribution in [0, 0.1) is 0 Å². The van der Waals surface area contributed by atoms with Gasteiger partial charge in [-0.2, -0.15) is 10.1 Å². The van der Waals surface area contributed by atoms with E-state index in [0.29, 0.717) is 18.4 Å². The van der Waals surface area contributed by atoms with Gasteiger partial charge >= 0.3 is 0 Å². The molecule has 0 atom stereocenters. The summed E-state index contributed by atoms with van der Waals surface area (Å²) >= 11 is 0. The number of methoxy groups -OCH3 is 1. The molecule has 2 aromatic heterocycles. The van der Waals surface area contributed by atoms with Crippen LogP contribution in [-0.2, 0) is 17.8 Å². The van der Waals surface area contributed by atoms with E-state index in [1.54, 1.807) is 7.11 Å². The summed E-state index contributed by atoms with van der Waals surface area (Å²) in [5.74, 6) is 1.78. The first-order valence-corrected chi connectivity index (χ1v) is 11.4. The smallest absolute Gasteiger partial charge is 0.222 e. The predicted octanol–water partition coefficient (Wildman–Crippen LogP) is 2.95. The Morgan fingerprint density at radius 1 is 1.25 bits per heavy atom. The summed E-state index contributed by atoms with van der Waals surface area (Å²) < 4.78 is 13.0. The van der Waals surface area contributed by atoms with Gasteiger partial charge in [-0.25, -0.2) is 4.98 Å². The monoisotopic (exact) mass is 439 g/mol. The lowest BCUT2D eigenvalue weighted by atomic mass is 10.1. The largest absolute Gasteiger partial charge is 0.496 e. The van der Waals surface area contributed by atoms with E-state index in [4.69, 9.17) is 20.3 Å². The molecule has 9 nitrogen and oxygen atoms in total. The number of hydrogen-bond acceptors (Lipinski definition) is 8. The fourth-order valence-corrected chi connectivity index (χ4v) is 3.93. The molecule has 0 aliphatic carbocycles. The number of aromatic nitrogens is 4. The Morgan fingerprint density at radius 3 is 2.88 bits per heavy atom. The quantitative estimate of drug-likeness (QED) is 0.414. The van der Waals surface area contributed by atoms with Gasteiger partial charge in [-0.15, -0.1) is 0 Å². The number of nitrogens with zero attached hydrogens (tertiary/aromatic N) is 4. The van der Waals surface area contributed by atoms with E-state index in [1.807, 2.05) is 10.9 Å². The zero-order valence-electron chi connectivity index (χ0n) is 18.9. The maximum atomic E-state index is 5.90. The number of nitrogens with two attached hydrogens (primary N) is 1. The van der Waals surface area contributed by atoms with Gasteiger partial charge in [0.15, 0.2) is 11.3 Å². The number of anilines is 2. The van der Waals surface area contributed by atoms with Gasteiger partial charge in [0.1, 0.15) is 11.3 Å². The minimum Gasteiger partial charge on any atom is -0.496 e. The molecule has 0 bridgehead atoms. The minimum atomic E-state index is 0.245. The number of unbranched alkanes of at least 4 members (excludes halogenated alkanes) is 1. The highest BCUT2D eigenvalue weighted by atomic mass is 16.5. The third-order valence-corrected chi connectivity index (χ3v) is 5.75. The lowest BCUT2D eigenvalue weighted by Crippen LogP contribution is -2.34.